The number of anilines is 2. The van der Waals surface area contributed by atoms with Crippen LogP contribution in [-0.2, 0) is 10.4 Å². The minimum atomic E-state index is -1.30. The van der Waals surface area contributed by atoms with E-state index in [1.54, 1.807) is 17.6 Å². The fourth-order valence-corrected chi connectivity index (χ4v) is 5.70. The van der Waals surface area contributed by atoms with Gasteiger partial charge in [0.1, 0.15) is 41.7 Å². The van der Waals surface area contributed by atoms with Gasteiger partial charge in [-0.2, -0.15) is 0 Å². The van der Waals surface area contributed by atoms with Gasteiger partial charge in [0.25, 0.3) is 11.5 Å². The molecule has 1 aliphatic carbocycles. The van der Waals surface area contributed by atoms with Crippen molar-refractivity contribution in [2.45, 2.75) is 69.2 Å². The van der Waals surface area contributed by atoms with Crippen molar-refractivity contribution in [1.29, 1.82) is 0 Å². The molecule has 0 bridgehead atoms. The highest BCUT2D eigenvalue weighted by atomic mass is 16.6. The highest BCUT2D eigenvalue weighted by Crippen LogP contribution is 2.38. The molecule has 13 nitrogen and oxygen atoms in total. The third-order valence-electron chi connectivity index (χ3n) is 7.46. The second kappa shape index (κ2) is 8.34. The van der Waals surface area contributed by atoms with E-state index in [0.29, 0.717) is 35.3 Å². The largest absolute Gasteiger partial charge is 0.394 e. The number of ether oxygens (including phenoxy) is 1. The number of pyridine rings is 1. The lowest BCUT2D eigenvalue weighted by Crippen LogP contribution is -2.48. The molecular weight excluding hydrogens is 470 g/mol. The normalized spacial score (nSPS) is 26.9. The molecule has 1 saturated heterocycles. The quantitative estimate of drug-likeness (QED) is 0.330. The van der Waals surface area contributed by atoms with E-state index in [9.17, 15) is 24.9 Å². The van der Waals surface area contributed by atoms with Crippen LogP contribution in [0.15, 0.2) is 23.5 Å². The summed E-state index contributed by atoms with van der Waals surface area (Å²) < 4.78 is 8.65. The molecule has 0 unspecified atom stereocenters. The van der Waals surface area contributed by atoms with E-state index in [4.69, 9.17) is 4.74 Å². The fraction of sp³-hybridized carbons (Fsp3) is 0.522. The number of aryl methyl sites for hydroxylation is 1. The van der Waals surface area contributed by atoms with Crippen molar-refractivity contribution in [1.82, 2.24) is 29.4 Å². The van der Waals surface area contributed by atoms with E-state index in [-0.39, 0.29) is 23.0 Å². The molecule has 1 saturated carbocycles. The standard InChI is InChI=1S/C23H27N7O6/c1-11-7-12(21(35)30-15(11)20(34)28-23(30)5-3-2-4-6-23)27-18-14-19(25-9-24-18)29(10-26-14)22-17(33)16(32)13(8-31)36-22/h7,9-10,13,16-17,22,31-33H,2-6,8H2,1H3,(H,28,34)(H,24,25,27)/t13-,16-,17+,22-/m0/s1. The van der Waals surface area contributed by atoms with E-state index in [1.807, 2.05) is 0 Å². The van der Waals surface area contributed by atoms with Gasteiger partial charge < -0.3 is 30.7 Å². The Hall–Kier alpha value is -3.39. The molecule has 5 heterocycles. The summed E-state index contributed by atoms with van der Waals surface area (Å²) in [6, 6.07) is 1.63. The van der Waals surface area contributed by atoms with Gasteiger partial charge >= 0.3 is 0 Å². The van der Waals surface area contributed by atoms with Crippen molar-refractivity contribution in [3.05, 3.63) is 40.3 Å². The minimum absolute atomic E-state index is 0.236. The first-order valence-electron chi connectivity index (χ1n) is 12.0. The number of fused-ring (bicyclic) bond motifs is 3. The van der Waals surface area contributed by atoms with E-state index < -0.39 is 36.8 Å². The molecule has 1 spiro atoms. The highest BCUT2D eigenvalue weighted by molar-refractivity contribution is 5.97. The van der Waals surface area contributed by atoms with Crippen molar-refractivity contribution in [2.75, 3.05) is 11.9 Å². The number of aliphatic hydroxyl groups excluding tert-OH is 3. The lowest BCUT2D eigenvalue weighted by atomic mass is 9.89. The van der Waals surface area contributed by atoms with Crippen LogP contribution in [0.5, 0.6) is 0 Å². The Kier molecular flexibility index (Phi) is 5.33. The molecule has 36 heavy (non-hydrogen) atoms. The van der Waals surface area contributed by atoms with Crippen LogP contribution < -0.4 is 16.2 Å². The van der Waals surface area contributed by atoms with Gasteiger partial charge in [-0.05, 0) is 44.2 Å². The zero-order chi connectivity index (χ0) is 25.2. The maximum atomic E-state index is 13.7. The number of hydrogen-bond acceptors (Lipinski definition) is 10. The van der Waals surface area contributed by atoms with Crippen molar-refractivity contribution in [3.63, 3.8) is 0 Å². The third-order valence-corrected chi connectivity index (χ3v) is 7.46. The number of aromatic nitrogens is 5. The fourth-order valence-electron chi connectivity index (χ4n) is 5.70. The van der Waals surface area contributed by atoms with Gasteiger partial charge in [-0.15, -0.1) is 0 Å². The summed E-state index contributed by atoms with van der Waals surface area (Å²) in [6.07, 6.45) is 2.46. The highest BCUT2D eigenvalue weighted by Gasteiger charge is 2.46. The molecule has 4 atom stereocenters. The van der Waals surface area contributed by atoms with Crippen LogP contribution in [0.1, 0.15) is 54.4 Å². The number of aliphatic hydroxyl groups is 3. The van der Waals surface area contributed by atoms with Crippen LogP contribution >= 0.6 is 0 Å². The summed E-state index contributed by atoms with van der Waals surface area (Å²) >= 11 is 0. The number of imidazole rings is 1. The van der Waals surface area contributed by atoms with Crippen molar-refractivity contribution in [3.8, 4) is 0 Å². The van der Waals surface area contributed by atoms with Gasteiger partial charge in [0, 0.05) is 0 Å². The summed E-state index contributed by atoms with van der Waals surface area (Å²) in [7, 11) is 0. The van der Waals surface area contributed by atoms with Crippen LogP contribution in [-0.4, -0.2) is 70.2 Å². The molecule has 5 N–H and O–H groups in total. The predicted molar refractivity (Wildman–Crippen MR) is 126 cm³/mol. The summed E-state index contributed by atoms with van der Waals surface area (Å²) in [5.41, 5.74) is 0.881. The number of nitrogens with zero attached hydrogens (tertiary/aromatic N) is 5. The number of carbonyl (C=O) groups excluding carboxylic acids is 1. The van der Waals surface area contributed by atoms with E-state index in [1.165, 1.54) is 17.2 Å². The number of nitrogens with one attached hydrogen (secondary N) is 2. The average Bonchev–Trinajstić information content (AvgIpc) is 3.51. The molecule has 13 heteroatoms. The van der Waals surface area contributed by atoms with Gasteiger partial charge in [0.15, 0.2) is 23.2 Å². The van der Waals surface area contributed by atoms with Gasteiger partial charge in [-0.1, -0.05) is 6.42 Å². The van der Waals surface area contributed by atoms with E-state index in [2.05, 4.69) is 25.6 Å². The molecule has 0 radical (unpaired) electrons. The topological polar surface area (TPSA) is 177 Å². The van der Waals surface area contributed by atoms with Crippen molar-refractivity contribution >= 4 is 28.6 Å². The molecule has 190 valence electrons. The Morgan fingerprint density at radius 2 is 1.94 bits per heavy atom. The van der Waals surface area contributed by atoms with Crippen molar-refractivity contribution in [2.24, 2.45) is 0 Å². The molecule has 3 aromatic heterocycles. The SMILES string of the molecule is Cc1cc(Nc2ncnc3c2ncn3[C@H]2O[C@@H](CO)[C@H](O)[C@H]2O)c(=O)n2c1C(=O)NC21CCCCC1. The summed E-state index contributed by atoms with van der Waals surface area (Å²) in [5, 5.41) is 36.1. The molecule has 2 aliphatic heterocycles. The Balaban J connectivity index is 1.40. The monoisotopic (exact) mass is 497 g/mol. The smallest absolute Gasteiger partial charge is 0.276 e. The Morgan fingerprint density at radius 3 is 2.67 bits per heavy atom. The van der Waals surface area contributed by atoms with Gasteiger partial charge in [-0.3, -0.25) is 18.7 Å². The Morgan fingerprint density at radius 1 is 1.17 bits per heavy atom. The van der Waals surface area contributed by atoms with Crippen LogP contribution in [0.4, 0.5) is 11.5 Å². The molecular formula is C23H27N7O6. The molecule has 3 aliphatic rings. The first kappa shape index (κ1) is 23.0. The van der Waals surface area contributed by atoms with Gasteiger partial charge in [0.05, 0.1) is 12.9 Å². The Labute approximate surface area is 204 Å². The maximum absolute atomic E-state index is 13.7. The Bertz CT molecular complexity index is 1410. The van der Waals surface area contributed by atoms with Gasteiger partial charge in [0.2, 0.25) is 0 Å². The number of amides is 1. The van der Waals surface area contributed by atoms with E-state index >= 15 is 0 Å². The molecule has 1 amide bonds. The number of hydrogen-bond donors (Lipinski definition) is 5. The minimum Gasteiger partial charge on any atom is -0.394 e. The lowest BCUT2D eigenvalue weighted by Gasteiger charge is -2.35. The summed E-state index contributed by atoms with van der Waals surface area (Å²) in [4.78, 5) is 39.3. The summed E-state index contributed by atoms with van der Waals surface area (Å²) in [5.74, 6) is 0.0252. The van der Waals surface area contributed by atoms with Crippen LogP contribution in [0.2, 0.25) is 0 Å². The average molecular weight is 498 g/mol. The number of carbonyl (C=O) groups is 1. The lowest BCUT2D eigenvalue weighted by molar-refractivity contribution is -0.0511. The van der Waals surface area contributed by atoms with Crippen LogP contribution in [0.3, 0.4) is 0 Å². The maximum Gasteiger partial charge on any atom is 0.276 e. The zero-order valence-electron chi connectivity index (χ0n) is 19.6. The first-order valence-corrected chi connectivity index (χ1v) is 12.0. The van der Waals surface area contributed by atoms with Gasteiger partial charge in [-0.25, -0.2) is 15.0 Å². The third kappa shape index (κ3) is 3.27. The van der Waals surface area contributed by atoms with Crippen LogP contribution in [0.25, 0.3) is 11.2 Å². The number of rotatable bonds is 4. The van der Waals surface area contributed by atoms with Crippen LogP contribution in [0, 0.1) is 6.92 Å². The first-order chi connectivity index (χ1) is 17.3. The summed E-state index contributed by atoms with van der Waals surface area (Å²) in [6.45, 7) is 1.34. The van der Waals surface area contributed by atoms with Crippen molar-refractivity contribution < 1.29 is 24.9 Å². The molecule has 0 aromatic carbocycles. The van der Waals surface area contributed by atoms with E-state index in [0.717, 1.165) is 19.3 Å². The zero-order valence-corrected chi connectivity index (χ0v) is 19.6. The molecule has 2 fully saturated rings. The second-order valence-corrected chi connectivity index (χ2v) is 9.68. The molecule has 3 aromatic rings. The predicted octanol–water partition coefficient (Wildman–Crippen LogP) is 0.0118. The molecule has 6 rings (SSSR count). The second-order valence-electron chi connectivity index (χ2n) is 9.68.